The Morgan fingerprint density at radius 2 is 1.77 bits per heavy atom. The number of hydrogen-bond acceptors (Lipinski definition) is 4. The fourth-order valence-corrected chi connectivity index (χ4v) is 3.46. The summed E-state index contributed by atoms with van der Waals surface area (Å²) < 4.78 is 13.2. The number of carbonyl (C=O) groups is 1. The molecule has 0 aliphatic carbocycles. The Labute approximate surface area is 194 Å². The van der Waals surface area contributed by atoms with Gasteiger partial charge in [0.1, 0.15) is 5.52 Å². The Morgan fingerprint density at radius 1 is 1.03 bits per heavy atom. The smallest absolute Gasteiger partial charge is 0.338 e. The number of oxazole rings is 1. The van der Waals surface area contributed by atoms with Crippen LogP contribution in [0.1, 0.15) is 16.8 Å². The first-order valence-electron chi connectivity index (χ1n) is 9.07. The molecule has 2 aromatic carbocycles. The lowest BCUT2D eigenvalue weighted by Crippen LogP contribution is -3.00. The zero-order valence-electron chi connectivity index (χ0n) is 15.7. The van der Waals surface area contributed by atoms with E-state index < -0.39 is 5.97 Å². The van der Waals surface area contributed by atoms with Gasteiger partial charge in [-0.05, 0) is 36.4 Å². The van der Waals surface area contributed by atoms with Gasteiger partial charge in [0, 0.05) is 34.2 Å². The van der Waals surface area contributed by atoms with Crippen molar-refractivity contribution in [3.8, 4) is 11.5 Å². The third-order valence-corrected chi connectivity index (χ3v) is 4.74. The number of halogens is 3. The Morgan fingerprint density at radius 3 is 2.50 bits per heavy atom. The van der Waals surface area contributed by atoms with Crippen molar-refractivity contribution in [2.24, 2.45) is 0 Å². The molecule has 0 atom stereocenters. The van der Waals surface area contributed by atoms with E-state index in [0.717, 1.165) is 13.0 Å². The summed E-state index contributed by atoms with van der Waals surface area (Å²) in [6.45, 7) is 1.11. The van der Waals surface area contributed by atoms with Gasteiger partial charge >= 0.3 is 5.97 Å². The minimum absolute atomic E-state index is 0. The second-order valence-electron chi connectivity index (χ2n) is 6.46. The number of nitrogens with zero attached hydrogens (tertiary/aromatic N) is 2. The minimum atomic E-state index is -0.395. The Bertz CT molecular complexity index is 1150. The zero-order valence-corrected chi connectivity index (χ0v) is 18.8. The molecule has 2 heterocycles. The molecule has 0 aliphatic heterocycles. The maximum atomic E-state index is 12.3. The molecule has 0 fully saturated rings. The van der Waals surface area contributed by atoms with E-state index in [0.29, 0.717) is 44.8 Å². The highest BCUT2D eigenvalue weighted by atomic mass is 79.9. The van der Waals surface area contributed by atoms with Crippen LogP contribution in [0.4, 0.5) is 0 Å². The third kappa shape index (κ3) is 5.39. The summed E-state index contributed by atoms with van der Waals surface area (Å²) in [7, 11) is 0. The van der Waals surface area contributed by atoms with Crippen LogP contribution in [-0.2, 0) is 11.3 Å². The number of aryl methyl sites for hydroxylation is 1. The maximum Gasteiger partial charge on any atom is 0.338 e. The molecule has 8 heteroatoms. The summed E-state index contributed by atoms with van der Waals surface area (Å²) in [4.78, 5) is 16.8. The van der Waals surface area contributed by atoms with Crippen LogP contribution in [0.5, 0.6) is 0 Å². The lowest BCUT2D eigenvalue weighted by atomic mass is 10.2. The molecule has 0 amide bonds. The highest BCUT2D eigenvalue weighted by molar-refractivity contribution is 6.35. The van der Waals surface area contributed by atoms with Crippen LogP contribution in [0.15, 0.2) is 71.4 Å². The van der Waals surface area contributed by atoms with E-state index in [1.54, 1.807) is 36.4 Å². The van der Waals surface area contributed by atoms with Crippen LogP contribution in [0.25, 0.3) is 22.6 Å². The van der Waals surface area contributed by atoms with Crippen LogP contribution in [0, 0.1) is 0 Å². The number of hydrogen-bond donors (Lipinski definition) is 0. The van der Waals surface area contributed by atoms with Crippen molar-refractivity contribution in [3.63, 3.8) is 0 Å². The summed E-state index contributed by atoms with van der Waals surface area (Å²) in [6.07, 6.45) is 4.68. The molecule has 0 aliphatic rings. The van der Waals surface area contributed by atoms with E-state index in [1.807, 2.05) is 35.2 Å². The van der Waals surface area contributed by atoms with Gasteiger partial charge in [-0.25, -0.2) is 14.3 Å². The quantitative estimate of drug-likeness (QED) is 0.228. The summed E-state index contributed by atoms with van der Waals surface area (Å²) >= 11 is 12.1. The molecule has 5 nitrogen and oxygen atoms in total. The topological polar surface area (TPSA) is 56.2 Å². The molecule has 0 unspecified atom stereocenters. The van der Waals surface area contributed by atoms with Crippen LogP contribution in [0.2, 0.25) is 10.0 Å². The number of rotatable bonds is 6. The van der Waals surface area contributed by atoms with Gasteiger partial charge < -0.3 is 26.1 Å². The minimum Gasteiger partial charge on any atom is -1.00 e. The van der Waals surface area contributed by atoms with Crippen molar-refractivity contribution in [1.29, 1.82) is 0 Å². The molecule has 4 aromatic rings. The number of pyridine rings is 1. The molecule has 0 bridgehead atoms. The molecule has 30 heavy (non-hydrogen) atoms. The molecule has 0 saturated carbocycles. The average Bonchev–Trinajstić information content (AvgIpc) is 3.14. The first-order valence-corrected chi connectivity index (χ1v) is 9.82. The number of carbonyl (C=O) groups excluding carboxylic acids is 1. The van der Waals surface area contributed by atoms with Crippen molar-refractivity contribution in [2.75, 3.05) is 6.61 Å². The third-order valence-electron chi connectivity index (χ3n) is 4.30. The van der Waals surface area contributed by atoms with Gasteiger partial charge in [0.2, 0.25) is 5.89 Å². The van der Waals surface area contributed by atoms with Gasteiger partial charge in [0.05, 0.1) is 12.2 Å². The first-order chi connectivity index (χ1) is 14.1. The van der Waals surface area contributed by atoms with E-state index >= 15 is 0 Å². The van der Waals surface area contributed by atoms with Gasteiger partial charge in [-0.2, -0.15) is 0 Å². The molecule has 154 valence electrons. The van der Waals surface area contributed by atoms with E-state index in [1.165, 1.54) is 0 Å². The first kappa shape index (κ1) is 22.3. The number of aromatic nitrogens is 2. The Kier molecular flexibility index (Phi) is 7.48. The SMILES string of the molecule is O=C(OCCC[n+]1ccccc1)c1ccc2nc(-c3cc(Cl)cc(Cl)c3)oc2c1.[Br-]. The summed E-state index contributed by atoms with van der Waals surface area (Å²) in [6, 6.07) is 16.0. The van der Waals surface area contributed by atoms with Crippen LogP contribution in [-0.4, -0.2) is 17.6 Å². The summed E-state index contributed by atoms with van der Waals surface area (Å²) in [5.41, 5.74) is 2.21. The van der Waals surface area contributed by atoms with Crippen molar-refractivity contribution in [1.82, 2.24) is 4.98 Å². The standard InChI is InChI=1S/C22H17Cl2N2O3.BrH/c23-17-11-16(12-18(24)14-17)21-25-19-6-5-15(13-20(19)29-21)22(27)28-10-4-9-26-7-2-1-3-8-26;/h1-3,5-8,11-14H,4,9-10H2;1H/q+1;/p-1. The van der Waals surface area contributed by atoms with E-state index in [9.17, 15) is 4.79 Å². The van der Waals surface area contributed by atoms with E-state index in [-0.39, 0.29) is 17.0 Å². The average molecular weight is 508 g/mol. The molecule has 0 radical (unpaired) electrons. The highest BCUT2D eigenvalue weighted by Crippen LogP contribution is 2.29. The predicted octanol–water partition coefficient (Wildman–Crippen LogP) is 2.34. The van der Waals surface area contributed by atoms with E-state index in [2.05, 4.69) is 4.98 Å². The summed E-state index contributed by atoms with van der Waals surface area (Å²) in [5, 5.41) is 0.986. The van der Waals surface area contributed by atoms with Crippen molar-refractivity contribution in [3.05, 3.63) is 82.6 Å². The number of fused-ring (bicyclic) bond motifs is 1. The number of benzene rings is 2. The molecule has 0 saturated heterocycles. The van der Waals surface area contributed by atoms with Crippen molar-refractivity contribution >= 4 is 40.3 Å². The second kappa shape index (κ2) is 10.1. The van der Waals surface area contributed by atoms with Crippen LogP contribution < -0.4 is 21.5 Å². The van der Waals surface area contributed by atoms with Gasteiger partial charge in [-0.1, -0.05) is 29.3 Å². The van der Waals surface area contributed by atoms with Crippen molar-refractivity contribution in [2.45, 2.75) is 13.0 Å². The Balaban J connectivity index is 0.00000256. The second-order valence-corrected chi connectivity index (χ2v) is 7.34. The maximum absolute atomic E-state index is 12.3. The molecule has 2 aromatic heterocycles. The lowest BCUT2D eigenvalue weighted by molar-refractivity contribution is -0.697. The van der Waals surface area contributed by atoms with Gasteiger partial charge in [-0.15, -0.1) is 0 Å². The predicted molar refractivity (Wildman–Crippen MR) is 111 cm³/mol. The lowest BCUT2D eigenvalue weighted by Gasteiger charge is -2.03. The Hall–Kier alpha value is -2.41. The highest BCUT2D eigenvalue weighted by Gasteiger charge is 2.14. The largest absolute Gasteiger partial charge is 1.00 e. The molecule has 4 rings (SSSR count). The van der Waals surface area contributed by atoms with Crippen molar-refractivity contribution < 1.29 is 35.5 Å². The monoisotopic (exact) mass is 506 g/mol. The molecular weight excluding hydrogens is 491 g/mol. The number of ether oxygens (including phenoxy) is 1. The summed E-state index contributed by atoms with van der Waals surface area (Å²) in [5.74, 6) is -0.0106. The fourth-order valence-electron chi connectivity index (χ4n) is 2.93. The number of esters is 1. The zero-order chi connectivity index (χ0) is 20.2. The fraction of sp³-hybridized carbons (Fsp3) is 0.136. The van der Waals surface area contributed by atoms with E-state index in [4.69, 9.17) is 32.4 Å². The van der Waals surface area contributed by atoms with Crippen LogP contribution in [0.3, 0.4) is 0 Å². The molecule has 0 N–H and O–H groups in total. The molecular formula is C22H17BrCl2N2O3. The molecule has 0 spiro atoms. The van der Waals surface area contributed by atoms with Gasteiger partial charge in [-0.3, -0.25) is 0 Å². The van der Waals surface area contributed by atoms with Gasteiger partial charge in [0.25, 0.3) is 0 Å². The van der Waals surface area contributed by atoms with Gasteiger partial charge in [0.15, 0.2) is 24.5 Å². The van der Waals surface area contributed by atoms with Crippen LogP contribution >= 0.6 is 23.2 Å². The normalized spacial score (nSPS) is 10.6.